The smallest absolute Gasteiger partial charge is 0.251 e. The summed E-state index contributed by atoms with van der Waals surface area (Å²) in [5.74, 6) is -0.833. The van der Waals surface area contributed by atoms with Gasteiger partial charge in [0.2, 0.25) is 17.7 Å². The van der Waals surface area contributed by atoms with Gasteiger partial charge in [0, 0.05) is 24.9 Å². The zero-order chi connectivity index (χ0) is 22.4. The van der Waals surface area contributed by atoms with Gasteiger partial charge >= 0.3 is 0 Å². The molecule has 3 rings (SSSR count). The zero-order valence-corrected chi connectivity index (χ0v) is 17.8. The van der Waals surface area contributed by atoms with Gasteiger partial charge < -0.3 is 10.6 Å². The van der Waals surface area contributed by atoms with Crippen molar-refractivity contribution >= 4 is 35.0 Å². The van der Waals surface area contributed by atoms with Crippen LogP contribution in [0.1, 0.15) is 51.1 Å². The third-order valence-corrected chi connectivity index (χ3v) is 4.97. The largest absolute Gasteiger partial charge is 0.341 e. The minimum absolute atomic E-state index is 0.173. The number of carbonyl (C=O) groups is 4. The van der Waals surface area contributed by atoms with E-state index in [1.807, 2.05) is 32.0 Å². The molecule has 31 heavy (non-hydrogen) atoms. The van der Waals surface area contributed by atoms with E-state index in [1.54, 1.807) is 36.4 Å². The number of nitrogens with one attached hydrogen (secondary N) is 2. The van der Waals surface area contributed by atoms with Gasteiger partial charge in [-0.1, -0.05) is 44.2 Å². The molecule has 0 radical (unpaired) electrons. The standard InChI is InChI=1S/C24H27N3O4/c1-16(2)15-20(28)26-23(17-7-4-3-5-8-17)24(31)25-18-11-13-19(14-12-18)27-21(29)9-6-10-22(27)30/h3-5,7-8,11-14,16,23H,6,9-10,15H2,1-2H3,(H,25,31)(H,26,28). The van der Waals surface area contributed by atoms with Gasteiger partial charge in [-0.25, -0.2) is 0 Å². The number of hydrogen-bond donors (Lipinski definition) is 2. The Morgan fingerprint density at radius 1 is 0.935 bits per heavy atom. The van der Waals surface area contributed by atoms with Crippen LogP contribution in [0.4, 0.5) is 11.4 Å². The Morgan fingerprint density at radius 3 is 2.13 bits per heavy atom. The summed E-state index contributed by atoms with van der Waals surface area (Å²) in [5, 5.41) is 5.62. The molecule has 1 heterocycles. The molecule has 0 spiro atoms. The van der Waals surface area contributed by atoms with Crippen molar-refractivity contribution < 1.29 is 19.2 Å². The van der Waals surface area contributed by atoms with E-state index in [1.165, 1.54) is 4.90 Å². The average molecular weight is 421 g/mol. The molecule has 1 saturated heterocycles. The Bertz CT molecular complexity index is 939. The van der Waals surface area contributed by atoms with Crippen molar-refractivity contribution in [3.8, 4) is 0 Å². The molecule has 1 aliphatic rings. The lowest BCUT2D eigenvalue weighted by Gasteiger charge is -2.25. The third-order valence-electron chi connectivity index (χ3n) is 4.97. The quantitative estimate of drug-likeness (QED) is 0.668. The molecule has 0 aliphatic carbocycles. The first kappa shape index (κ1) is 22.2. The van der Waals surface area contributed by atoms with Crippen molar-refractivity contribution in [1.29, 1.82) is 0 Å². The lowest BCUT2D eigenvalue weighted by Crippen LogP contribution is -2.40. The highest BCUT2D eigenvalue weighted by molar-refractivity contribution is 6.16. The minimum Gasteiger partial charge on any atom is -0.341 e. The third kappa shape index (κ3) is 5.78. The summed E-state index contributed by atoms with van der Waals surface area (Å²) in [6, 6.07) is 14.7. The SMILES string of the molecule is CC(C)CC(=O)NC(C(=O)Nc1ccc(N2C(=O)CCCC2=O)cc1)c1ccccc1. The summed E-state index contributed by atoms with van der Waals surface area (Å²) in [5.41, 5.74) is 1.67. The molecular formula is C24H27N3O4. The molecule has 0 bridgehead atoms. The molecular weight excluding hydrogens is 394 g/mol. The van der Waals surface area contributed by atoms with Crippen molar-refractivity contribution in [2.75, 3.05) is 10.2 Å². The fourth-order valence-corrected chi connectivity index (χ4v) is 3.49. The molecule has 7 heteroatoms. The highest BCUT2D eigenvalue weighted by Gasteiger charge is 2.27. The lowest BCUT2D eigenvalue weighted by atomic mass is 10.0. The number of piperidine rings is 1. The first-order chi connectivity index (χ1) is 14.8. The van der Waals surface area contributed by atoms with E-state index in [4.69, 9.17) is 0 Å². The van der Waals surface area contributed by atoms with E-state index in [0.29, 0.717) is 42.6 Å². The summed E-state index contributed by atoms with van der Waals surface area (Å²) in [6.45, 7) is 3.88. The average Bonchev–Trinajstić information content (AvgIpc) is 2.73. The Kier molecular flexibility index (Phi) is 7.18. The molecule has 1 aliphatic heterocycles. The monoisotopic (exact) mass is 421 g/mol. The first-order valence-electron chi connectivity index (χ1n) is 10.5. The van der Waals surface area contributed by atoms with Crippen molar-refractivity contribution in [1.82, 2.24) is 5.32 Å². The molecule has 1 unspecified atom stereocenters. The molecule has 4 amide bonds. The summed E-state index contributed by atoms with van der Waals surface area (Å²) in [4.78, 5) is 50.7. The Labute approximate surface area is 181 Å². The molecule has 162 valence electrons. The van der Waals surface area contributed by atoms with Crippen molar-refractivity contribution in [2.45, 2.75) is 45.6 Å². The highest BCUT2D eigenvalue weighted by atomic mass is 16.2. The van der Waals surface area contributed by atoms with Gasteiger partial charge in [-0.15, -0.1) is 0 Å². The molecule has 1 atom stereocenters. The van der Waals surface area contributed by atoms with Gasteiger partial charge in [0.25, 0.3) is 5.91 Å². The fraction of sp³-hybridized carbons (Fsp3) is 0.333. The maximum atomic E-state index is 13.0. The molecule has 2 N–H and O–H groups in total. The van der Waals surface area contributed by atoms with Crippen LogP contribution >= 0.6 is 0 Å². The number of anilines is 2. The van der Waals surface area contributed by atoms with Crippen LogP contribution in [0.3, 0.4) is 0 Å². The Morgan fingerprint density at radius 2 is 1.55 bits per heavy atom. The van der Waals surface area contributed by atoms with Crippen LogP contribution in [0.15, 0.2) is 54.6 Å². The topological polar surface area (TPSA) is 95.6 Å². The van der Waals surface area contributed by atoms with Gasteiger partial charge in [0.1, 0.15) is 6.04 Å². The normalized spacial score (nSPS) is 15.0. The van der Waals surface area contributed by atoms with Crippen molar-refractivity contribution in [3.05, 3.63) is 60.2 Å². The second kappa shape index (κ2) is 10.0. The molecule has 2 aromatic rings. The van der Waals surface area contributed by atoms with E-state index in [-0.39, 0.29) is 29.5 Å². The fourth-order valence-electron chi connectivity index (χ4n) is 3.49. The van der Waals surface area contributed by atoms with Gasteiger partial charge in [0.05, 0.1) is 5.69 Å². The number of carbonyl (C=O) groups excluding carboxylic acids is 4. The van der Waals surface area contributed by atoms with Crippen LogP contribution < -0.4 is 15.5 Å². The summed E-state index contributed by atoms with van der Waals surface area (Å²) in [7, 11) is 0. The molecule has 7 nitrogen and oxygen atoms in total. The number of benzene rings is 2. The van der Waals surface area contributed by atoms with Crippen LogP contribution in [0.2, 0.25) is 0 Å². The summed E-state index contributed by atoms with van der Waals surface area (Å²) >= 11 is 0. The summed E-state index contributed by atoms with van der Waals surface area (Å²) in [6.07, 6.45) is 1.59. The second-order valence-corrected chi connectivity index (χ2v) is 8.02. The predicted molar refractivity (Wildman–Crippen MR) is 118 cm³/mol. The number of hydrogen-bond acceptors (Lipinski definition) is 4. The highest BCUT2D eigenvalue weighted by Crippen LogP contribution is 2.24. The van der Waals surface area contributed by atoms with Gasteiger partial charge in [-0.05, 0) is 42.2 Å². The zero-order valence-electron chi connectivity index (χ0n) is 17.8. The number of nitrogens with zero attached hydrogens (tertiary/aromatic N) is 1. The van der Waals surface area contributed by atoms with E-state index < -0.39 is 6.04 Å². The van der Waals surface area contributed by atoms with Crippen LogP contribution in [0.25, 0.3) is 0 Å². The van der Waals surface area contributed by atoms with Crippen molar-refractivity contribution in [2.24, 2.45) is 5.92 Å². The molecule has 1 fully saturated rings. The van der Waals surface area contributed by atoms with Crippen LogP contribution in [-0.4, -0.2) is 23.6 Å². The van der Waals surface area contributed by atoms with Crippen molar-refractivity contribution in [3.63, 3.8) is 0 Å². The molecule has 2 aromatic carbocycles. The summed E-state index contributed by atoms with van der Waals surface area (Å²) < 4.78 is 0. The maximum absolute atomic E-state index is 13.0. The van der Waals surface area contributed by atoms with E-state index in [2.05, 4.69) is 10.6 Å². The maximum Gasteiger partial charge on any atom is 0.251 e. The van der Waals surface area contributed by atoms with E-state index in [0.717, 1.165) is 0 Å². The van der Waals surface area contributed by atoms with Crippen LogP contribution in [-0.2, 0) is 19.2 Å². The minimum atomic E-state index is -0.836. The molecule has 0 saturated carbocycles. The predicted octanol–water partition coefficient (Wildman–Crippen LogP) is 3.57. The molecule has 0 aromatic heterocycles. The van der Waals surface area contributed by atoms with Gasteiger partial charge in [-0.3, -0.25) is 24.1 Å². The van der Waals surface area contributed by atoms with Gasteiger partial charge in [-0.2, -0.15) is 0 Å². The van der Waals surface area contributed by atoms with Gasteiger partial charge in [0.15, 0.2) is 0 Å². The number of rotatable bonds is 7. The second-order valence-electron chi connectivity index (χ2n) is 8.02. The Balaban J connectivity index is 1.74. The van der Waals surface area contributed by atoms with Crippen LogP contribution in [0.5, 0.6) is 0 Å². The number of amides is 4. The number of imide groups is 1. The van der Waals surface area contributed by atoms with E-state index >= 15 is 0 Å². The Hall–Kier alpha value is -3.48. The first-order valence-corrected chi connectivity index (χ1v) is 10.5. The van der Waals surface area contributed by atoms with Crippen LogP contribution in [0, 0.1) is 5.92 Å². The van der Waals surface area contributed by atoms with E-state index in [9.17, 15) is 19.2 Å². The lowest BCUT2D eigenvalue weighted by molar-refractivity contribution is -0.129.